The summed E-state index contributed by atoms with van der Waals surface area (Å²) in [4.78, 5) is 11.1. The minimum atomic E-state index is -0.238. The summed E-state index contributed by atoms with van der Waals surface area (Å²) in [5.41, 5.74) is 0.865. The molecule has 16 heavy (non-hydrogen) atoms. The molecule has 3 nitrogen and oxygen atoms in total. The molecule has 0 heterocycles. The molecule has 0 spiro atoms. The number of carbonyl (C=O) groups excluding carboxylic acids is 1. The summed E-state index contributed by atoms with van der Waals surface area (Å²) >= 11 is 9.33. The molecule has 0 aliphatic carbocycles. The molecule has 0 saturated heterocycles. The van der Waals surface area contributed by atoms with Gasteiger partial charge in [0.05, 0.1) is 28.7 Å². The van der Waals surface area contributed by atoms with Crippen molar-refractivity contribution in [2.45, 2.75) is 19.4 Å². The van der Waals surface area contributed by atoms with Crippen molar-refractivity contribution in [3.8, 4) is 0 Å². The molecular formula is C11H13BrClNO2. The van der Waals surface area contributed by atoms with Crippen molar-refractivity contribution < 1.29 is 9.53 Å². The average molecular weight is 307 g/mol. The molecule has 1 aromatic carbocycles. The molecule has 1 N–H and O–H groups in total. The van der Waals surface area contributed by atoms with Crippen LogP contribution in [0.15, 0.2) is 22.7 Å². The lowest BCUT2D eigenvalue weighted by molar-refractivity contribution is -0.140. The number of benzene rings is 1. The number of ether oxygens (including phenoxy) is 1. The maximum Gasteiger partial charge on any atom is 0.307 e. The first kappa shape index (κ1) is 13.3. The van der Waals surface area contributed by atoms with Crippen molar-refractivity contribution in [1.29, 1.82) is 0 Å². The van der Waals surface area contributed by atoms with Gasteiger partial charge in [0, 0.05) is 6.04 Å². The quantitative estimate of drug-likeness (QED) is 0.866. The van der Waals surface area contributed by atoms with E-state index in [0.29, 0.717) is 11.4 Å². The van der Waals surface area contributed by atoms with E-state index in [2.05, 4.69) is 26.0 Å². The molecule has 88 valence electrons. The van der Waals surface area contributed by atoms with E-state index in [1.807, 2.05) is 19.1 Å². The average Bonchev–Trinajstić information content (AvgIpc) is 2.24. The van der Waals surface area contributed by atoms with Crippen molar-refractivity contribution in [1.82, 2.24) is 0 Å². The summed E-state index contributed by atoms with van der Waals surface area (Å²) < 4.78 is 5.40. The lowest BCUT2D eigenvalue weighted by Gasteiger charge is -2.15. The van der Waals surface area contributed by atoms with Crippen LogP contribution in [0.3, 0.4) is 0 Å². The molecule has 1 unspecified atom stereocenters. The van der Waals surface area contributed by atoms with Crippen LogP contribution in [-0.4, -0.2) is 19.1 Å². The standard InChI is InChI=1S/C11H13BrClNO2/c1-7(6-10(15)16-2)14-9-5-3-4-8(13)11(9)12/h3-5,7,14H,6H2,1-2H3. The Morgan fingerprint density at radius 3 is 2.94 bits per heavy atom. The van der Waals surface area contributed by atoms with E-state index in [1.54, 1.807) is 6.07 Å². The third-order valence-corrected chi connectivity index (χ3v) is 3.45. The van der Waals surface area contributed by atoms with E-state index < -0.39 is 0 Å². The molecule has 0 aliphatic heterocycles. The Balaban J connectivity index is 2.66. The van der Waals surface area contributed by atoms with E-state index in [1.165, 1.54) is 7.11 Å². The fourth-order valence-corrected chi connectivity index (χ4v) is 1.82. The molecule has 0 aliphatic rings. The fraction of sp³-hybridized carbons (Fsp3) is 0.364. The Kier molecular flexibility index (Phi) is 5.09. The molecule has 1 rings (SSSR count). The molecule has 0 radical (unpaired) electrons. The summed E-state index contributed by atoms with van der Waals surface area (Å²) in [6, 6.07) is 5.52. The van der Waals surface area contributed by atoms with Gasteiger partial charge in [-0.1, -0.05) is 17.7 Å². The minimum absolute atomic E-state index is 0.0118. The number of halogens is 2. The Hall–Kier alpha value is -0.740. The Morgan fingerprint density at radius 2 is 2.31 bits per heavy atom. The van der Waals surface area contributed by atoms with Crippen LogP contribution in [-0.2, 0) is 9.53 Å². The monoisotopic (exact) mass is 305 g/mol. The number of nitrogens with one attached hydrogen (secondary N) is 1. The highest BCUT2D eigenvalue weighted by Gasteiger charge is 2.11. The summed E-state index contributed by atoms with van der Waals surface area (Å²) in [6.07, 6.45) is 0.315. The molecule has 1 aromatic rings. The lowest BCUT2D eigenvalue weighted by atomic mass is 10.2. The number of rotatable bonds is 4. The van der Waals surface area contributed by atoms with Crippen molar-refractivity contribution in [3.05, 3.63) is 27.7 Å². The fourth-order valence-electron chi connectivity index (χ4n) is 1.27. The maximum atomic E-state index is 11.1. The first-order valence-electron chi connectivity index (χ1n) is 4.82. The number of esters is 1. The van der Waals surface area contributed by atoms with Crippen LogP contribution in [0.5, 0.6) is 0 Å². The van der Waals surface area contributed by atoms with Gasteiger partial charge >= 0.3 is 5.97 Å². The lowest BCUT2D eigenvalue weighted by Crippen LogP contribution is -2.20. The third kappa shape index (κ3) is 3.68. The maximum absolute atomic E-state index is 11.1. The van der Waals surface area contributed by atoms with Crippen molar-refractivity contribution in [2.24, 2.45) is 0 Å². The predicted octanol–water partition coefficient (Wildman–Crippen LogP) is 3.47. The number of hydrogen-bond donors (Lipinski definition) is 1. The summed E-state index contributed by atoms with van der Waals surface area (Å²) in [5, 5.41) is 3.82. The molecule has 0 saturated carbocycles. The summed E-state index contributed by atoms with van der Waals surface area (Å²) in [5.74, 6) is -0.238. The third-order valence-electron chi connectivity index (χ3n) is 2.05. The van der Waals surface area contributed by atoms with Gasteiger partial charge in [0.15, 0.2) is 0 Å². The number of carbonyl (C=O) groups is 1. The largest absolute Gasteiger partial charge is 0.469 e. The molecule has 5 heteroatoms. The predicted molar refractivity (Wildman–Crippen MR) is 68.9 cm³/mol. The second-order valence-electron chi connectivity index (χ2n) is 3.43. The zero-order valence-corrected chi connectivity index (χ0v) is 11.4. The van der Waals surface area contributed by atoms with Crippen molar-refractivity contribution in [2.75, 3.05) is 12.4 Å². The highest BCUT2D eigenvalue weighted by Crippen LogP contribution is 2.30. The van der Waals surface area contributed by atoms with Gasteiger partial charge in [-0.15, -0.1) is 0 Å². The van der Waals surface area contributed by atoms with Gasteiger partial charge in [-0.3, -0.25) is 4.79 Å². The second-order valence-corrected chi connectivity index (χ2v) is 4.63. The highest BCUT2D eigenvalue weighted by molar-refractivity contribution is 9.10. The first-order valence-corrected chi connectivity index (χ1v) is 5.99. The van der Waals surface area contributed by atoms with Crippen LogP contribution in [0.25, 0.3) is 0 Å². The second kappa shape index (κ2) is 6.11. The van der Waals surface area contributed by atoms with Gasteiger partial charge in [-0.05, 0) is 35.0 Å². The number of hydrogen-bond acceptors (Lipinski definition) is 3. The van der Waals surface area contributed by atoms with Crippen molar-refractivity contribution in [3.63, 3.8) is 0 Å². The Labute approximate surface area is 108 Å². The van der Waals surface area contributed by atoms with E-state index >= 15 is 0 Å². The molecule has 0 amide bonds. The SMILES string of the molecule is COC(=O)CC(C)Nc1cccc(Cl)c1Br. The van der Waals surface area contributed by atoms with Crippen LogP contribution >= 0.6 is 27.5 Å². The van der Waals surface area contributed by atoms with E-state index in [0.717, 1.165) is 10.2 Å². The van der Waals surface area contributed by atoms with Crippen LogP contribution in [0.2, 0.25) is 5.02 Å². The van der Waals surface area contributed by atoms with Gasteiger partial charge in [-0.25, -0.2) is 0 Å². The Bertz CT molecular complexity index is 384. The van der Waals surface area contributed by atoms with Crippen LogP contribution in [0.1, 0.15) is 13.3 Å². The number of anilines is 1. The number of methoxy groups -OCH3 is 1. The molecular weight excluding hydrogens is 293 g/mol. The molecule has 0 fully saturated rings. The van der Waals surface area contributed by atoms with Gasteiger partial charge in [0.25, 0.3) is 0 Å². The summed E-state index contributed by atoms with van der Waals surface area (Å²) in [7, 11) is 1.38. The van der Waals surface area contributed by atoms with Crippen LogP contribution in [0, 0.1) is 0 Å². The first-order chi connectivity index (χ1) is 7.54. The van der Waals surface area contributed by atoms with Gasteiger partial charge < -0.3 is 10.1 Å². The zero-order valence-electron chi connectivity index (χ0n) is 9.09. The van der Waals surface area contributed by atoms with E-state index in [4.69, 9.17) is 11.6 Å². The topological polar surface area (TPSA) is 38.3 Å². The van der Waals surface area contributed by atoms with Crippen LogP contribution < -0.4 is 5.32 Å². The molecule has 1 atom stereocenters. The minimum Gasteiger partial charge on any atom is -0.469 e. The van der Waals surface area contributed by atoms with E-state index in [9.17, 15) is 4.79 Å². The normalized spacial score (nSPS) is 12.0. The molecule has 0 aromatic heterocycles. The Morgan fingerprint density at radius 1 is 1.62 bits per heavy atom. The van der Waals surface area contributed by atoms with Gasteiger partial charge in [-0.2, -0.15) is 0 Å². The smallest absolute Gasteiger partial charge is 0.307 e. The van der Waals surface area contributed by atoms with Gasteiger partial charge in [0.1, 0.15) is 0 Å². The van der Waals surface area contributed by atoms with Gasteiger partial charge in [0.2, 0.25) is 0 Å². The van der Waals surface area contributed by atoms with Crippen molar-refractivity contribution >= 4 is 39.2 Å². The summed E-state index contributed by atoms with van der Waals surface area (Å²) in [6.45, 7) is 1.91. The highest BCUT2D eigenvalue weighted by atomic mass is 79.9. The zero-order chi connectivity index (χ0) is 12.1. The van der Waals surface area contributed by atoms with Crippen LogP contribution in [0.4, 0.5) is 5.69 Å². The van der Waals surface area contributed by atoms with E-state index in [-0.39, 0.29) is 12.0 Å². The molecule has 0 bridgehead atoms.